The topological polar surface area (TPSA) is 55.4 Å². The van der Waals surface area contributed by atoms with Crippen molar-refractivity contribution >= 4 is 10.0 Å². The molecule has 0 atom stereocenters. The summed E-state index contributed by atoms with van der Waals surface area (Å²) in [6.07, 6.45) is -0.0664. The molecule has 2 rings (SSSR count). The van der Waals surface area contributed by atoms with E-state index in [1.807, 2.05) is 0 Å². The number of sulfonamides is 1. The summed E-state index contributed by atoms with van der Waals surface area (Å²) in [7, 11) is -3.34. The first-order valence-corrected chi connectivity index (χ1v) is 9.03. The molecule has 0 spiro atoms. The minimum Gasteiger partial charge on any atom is -0.381 e. The fraction of sp³-hybridized carbons (Fsp3) is 0.600. The molecule has 0 aliphatic carbocycles. The lowest BCUT2D eigenvalue weighted by atomic mass is 9.98. The highest BCUT2D eigenvalue weighted by atomic mass is 32.2. The van der Waals surface area contributed by atoms with Crippen LogP contribution in [0.15, 0.2) is 24.3 Å². The molecule has 22 heavy (non-hydrogen) atoms. The Morgan fingerprint density at radius 3 is 2.41 bits per heavy atom. The highest BCUT2D eigenvalue weighted by molar-refractivity contribution is 7.89. The second-order valence-electron chi connectivity index (χ2n) is 5.53. The van der Waals surface area contributed by atoms with Gasteiger partial charge in [0.2, 0.25) is 10.0 Å². The number of hydrogen-bond acceptors (Lipinski definition) is 3. The zero-order chi connectivity index (χ0) is 16.0. The van der Waals surface area contributed by atoms with Crippen LogP contribution < -0.4 is 4.72 Å². The van der Waals surface area contributed by atoms with Crippen LogP contribution >= 0.6 is 0 Å². The molecule has 0 bridgehead atoms. The number of ether oxygens (including phenoxy) is 1. The summed E-state index contributed by atoms with van der Waals surface area (Å²) in [6.45, 7) is 1.53. The minimum absolute atomic E-state index is 0.0638. The smallest absolute Gasteiger partial charge is 0.263 e. The molecule has 7 heteroatoms. The molecule has 0 aromatic heterocycles. The van der Waals surface area contributed by atoms with E-state index in [0.717, 1.165) is 12.8 Å². The van der Waals surface area contributed by atoms with E-state index in [9.17, 15) is 17.2 Å². The van der Waals surface area contributed by atoms with E-state index in [1.54, 1.807) is 0 Å². The van der Waals surface area contributed by atoms with Gasteiger partial charge in [-0.2, -0.15) is 0 Å². The number of alkyl halides is 2. The van der Waals surface area contributed by atoms with Crippen LogP contribution in [0, 0.1) is 5.92 Å². The van der Waals surface area contributed by atoms with Gasteiger partial charge in [0.25, 0.3) is 6.43 Å². The van der Waals surface area contributed by atoms with Crippen molar-refractivity contribution < 1.29 is 21.9 Å². The number of hydrogen-bond donors (Lipinski definition) is 1. The Labute approximate surface area is 129 Å². The van der Waals surface area contributed by atoms with E-state index in [2.05, 4.69) is 4.72 Å². The lowest BCUT2D eigenvalue weighted by molar-refractivity contribution is 0.0655. The monoisotopic (exact) mass is 333 g/mol. The molecule has 4 nitrogen and oxygen atoms in total. The first kappa shape index (κ1) is 17.3. The van der Waals surface area contributed by atoms with E-state index in [-0.39, 0.29) is 17.9 Å². The largest absolute Gasteiger partial charge is 0.381 e. The summed E-state index contributed by atoms with van der Waals surface area (Å²) in [6, 6.07) is 5.66. The van der Waals surface area contributed by atoms with Gasteiger partial charge in [0, 0.05) is 25.3 Å². The van der Waals surface area contributed by atoms with E-state index in [1.165, 1.54) is 24.3 Å². The quantitative estimate of drug-likeness (QED) is 0.835. The van der Waals surface area contributed by atoms with Gasteiger partial charge in [-0.05, 0) is 30.7 Å². The third-order valence-corrected chi connectivity index (χ3v) is 5.22. The van der Waals surface area contributed by atoms with Crippen molar-refractivity contribution in [3.8, 4) is 0 Å². The highest BCUT2D eigenvalue weighted by Crippen LogP contribution is 2.20. The number of benzene rings is 1. The molecule has 0 amide bonds. The molecule has 124 valence electrons. The van der Waals surface area contributed by atoms with Crippen LogP contribution in [-0.4, -0.2) is 27.4 Å². The second-order valence-corrected chi connectivity index (χ2v) is 7.45. The summed E-state index contributed by atoms with van der Waals surface area (Å²) in [5.74, 6) is 0.489. The van der Waals surface area contributed by atoms with E-state index < -0.39 is 16.4 Å². The van der Waals surface area contributed by atoms with E-state index in [4.69, 9.17) is 4.74 Å². The SMILES string of the molecule is O=S(=O)(CCC1CCOCC1)NCc1ccc(C(F)F)cc1. The van der Waals surface area contributed by atoms with Gasteiger partial charge < -0.3 is 4.74 Å². The predicted molar refractivity (Wildman–Crippen MR) is 80.2 cm³/mol. The van der Waals surface area contributed by atoms with Crippen LogP contribution in [-0.2, 0) is 21.3 Å². The minimum atomic E-state index is -3.34. The summed E-state index contributed by atoms with van der Waals surface area (Å²) >= 11 is 0. The Balaban J connectivity index is 1.78. The Morgan fingerprint density at radius 1 is 1.18 bits per heavy atom. The molecule has 1 aliphatic rings. The van der Waals surface area contributed by atoms with Crippen molar-refractivity contribution in [2.75, 3.05) is 19.0 Å². The molecule has 1 aromatic carbocycles. The molecule has 1 aromatic rings. The Kier molecular flexibility index (Phi) is 6.28. The van der Waals surface area contributed by atoms with E-state index in [0.29, 0.717) is 31.1 Å². The Bertz CT molecular complexity index is 555. The fourth-order valence-electron chi connectivity index (χ4n) is 2.40. The van der Waals surface area contributed by atoms with E-state index >= 15 is 0 Å². The lowest BCUT2D eigenvalue weighted by Gasteiger charge is -2.21. The van der Waals surface area contributed by atoms with Crippen LogP contribution in [0.5, 0.6) is 0 Å². The third-order valence-electron chi connectivity index (χ3n) is 3.86. The molecular weight excluding hydrogens is 312 g/mol. The summed E-state index contributed by atoms with van der Waals surface area (Å²) < 4.78 is 56.5. The number of rotatable bonds is 7. The van der Waals surface area contributed by atoms with Crippen LogP contribution in [0.2, 0.25) is 0 Å². The van der Waals surface area contributed by atoms with Crippen LogP contribution in [0.25, 0.3) is 0 Å². The maximum Gasteiger partial charge on any atom is 0.263 e. The summed E-state index contributed by atoms with van der Waals surface area (Å²) in [5.41, 5.74) is 0.602. The molecule has 1 heterocycles. The maximum absolute atomic E-state index is 12.4. The van der Waals surface area contributed by atoms with Crippen molar-refractivity contribution in [2.45, 2.75) is 32.2 Å². The van der Waals surface area contributed by atoms with Crippen LogP contribution in [0.3, 0.4) is 0 Å². The normalized spacial score (nSPS) is 17.0. The van der Waals surface area contributed by atoms with Crippen molar-refractivity contribution in [3.05, 3.63) is 35.4 Å². The van der Waals surface area contributed by atoms with Gasteiger partial charge in [-0.15, -0.1) is 0 Å². The standard InChI is InChI=1S/C15H21F2NO3S/c16-15(17)14-3-1-13(2-4-14)11-18-22(19,20)10-7-12-5-8-21-9-6-12/h1-4,12,15,18H,5-11H2. The summed E-state index contributed by atoms with van der Waals surface area (Å²) in [5, 5.41) is 0. The molecule has 0 unspecified atom stereocenters. The van der Waals surface area contributed by atoms with Crippen molar-refractivity contribution in [2.24, 2.45) is 5.92 Å². The zero-order valence-electron chi connectivity index (χ0n) is 12.3. The number of halogens is 2. The average Bonchev–Trinajstić information content (AvgIpc) is 2.53. The Hall–Kier alpha value is -1.05. The second kappa shape index (κ2) is 7.99. The van der Waals surface area contributed by atoms with Crippen molar-refractivity contribution in [1.82, 2.24) is 4.72 Å². The van der Waals surface area contributed by atoms with Crippen molar-refractivity contribution in [1.29, 1.82) is 0 Å². The lowest BCUT2D eigenvalue weighted by Crippen LogP contribution is -2.28. The van der Waals surface area contributed by atoms with Crippen molar-refractivity contribution in [3.63, 3.8) is 0 Å². The third kappa shape index (κ3) is 5.62. The zero-order valence-corrected chi connectivity index (χ0v) is 13.1. The molecule has 1 fully saturated rings. The summed E-state index contributed by atoms with van der Waals surface area (Å²) in [4.78, 5) is 0. The van der Waals surface area contributed by atoms with Crippen LogP contribution in [0.1, 0.15) is 36.8 Å². The Morgan fingerprint density at radius 2 is 1.82 bits per heavy atom. The predicted octanol–water partition coefficient (Wildman–Crippen LogP) is 2.86. The van der Waals surface area contributed by atoms with Gasteiger partial charge in [0.1, 0.15) is 0 Å². The molecule has 1 aliphatic heterocycles. The van der Waals surface area contributed by atoms with Gasteiger partial charge >= 0.3 is 0 Å². The fourth-order valence-corrected chi connectivity index (χ4v) is 3.58. The van der Waals surface area contributed by atoms with Crippen LogP contribution in [0.4, 0.5) is 8.78 Å². The van der Waals surface area contributed by atoms with Gasteiger partial charge in [0.05, 0.1) is 5.75 Å². The molecular formula is C15H21F2NO3S. The first-order valence-electron chi connectivity index (χ1n) is 7.38. The highest BCUT2D eigenvalue weighted by Gasteiger charge is 2.18. The van der Waals surface area contributed by atoms with Gasteiger partial charge in [-0.1, -0.05) is 24.3 Å². The number of nitrogens with one attached hydrogen (secondary N) is 1. The molecule has 1 N–H and O–H groups in total. The average molecular weight is 333 g/mol. The van der Waals surface area contributed by atoms with Gasteiger partial charge in [-0.3, -0.25) is 0 Å². The molecule has 0 radical (unpaired) electrons. The molecule has 1 saturated heterocycles. The molecule has 0 saturated carbocycles. The maximum atomic E-state index is 12.4. The van der Waals surface area contributed by atoms with Gasteiger partial charge in [-0.25, -0.2) is 21.9 Å². The van der Waals surface area contributed by atoms with Gasteiger partial charge in [0.15, 0.2) is 0 Å². The first-order chi connectivity index (χ1) is 10.5.